The van der Waals surface area contributed by atoms with Gasteiger partial charge in [0.05, 0.1) is 0 Å². The molecule has 1 heterocycles. The lowest BCUT2D eigenvalue weighted by Crippen LogP contribution is -3.00. The van der Waals surface area contributed by atoms with Crippen molar-refractivity contribution < 1.29 is 12.4 Å². The summed E-state index contributed by atoms with van der Waals surface area (Å²) in [6.45, 7) is 0. The molecule has 3 rings (SSSR count). The van der Waals surface area contributed by atoms with E-state index in [9.17, 15) is 0 Å². The molecule has 108 valence electrons. The molecule has 1 unspecified atom stereocenters. The van der Waals surface area contributed by atoms with Crippen LogP contribution >= 0.6 is 0 Å². The van der Waals surface area contributed by atoms with E-state index in [0.717, 1.165) is 11.3 Å². The van der Waals surface area contributed by atoms with Crippen molar-refractivity contribution in [3.63, 3.8) is 0 Å². The van der Waals surface area contributed by atoms with E-state index in [2.05, 4.69) is 9.98 Å². The summed E-state index contributed by atoms with van der Waals surface area (Å²) in [7, 11) is 0. The number of anilines is 1. The van der Waals surface area contributed by atoms with Gasteiger partial charge in [0, 0.05) is 5.69 Å². The van der Waals surface area contributed by atoms with Gasteiger partial charge in [-0.15, -0.1) is 0 Å². The summed E-state index contributed by atoms with van der Waals surface area (Å²) < 4.78 is 0. The van der Waals surface area contributed by atoms with Gasteiger partial charge in [-0.1, -0.05) is 48.5 Å². The maximum Gasteiger partial charge on any atom is 0.221 e. The van der Waals surface area contributed by atoms with Gasteiger partial charge in [-0.25, -0.2) is 4.99 Å². The lowest BCUT2D eigenvalue weighted by molar-refractivity contribution is -0.00000436. The molecule has 2 aromatic carbocycles. The van der Waals surface area contributed by atoms with E-state index in [1.54, 1.807) is 0 Å². The van der Waals surface area contributed by atoms with Crippen molar-refractivity contribution in [2.45, 2.75) is 6.17 Å². The van der Waals surface area contributed by atoms with Crippen LogP contribution in [0.4, 0.5) is 5.69 Å². The van der Waals surface area contributed by atoms with E-state index in [1.807, 2.05) is 65.6 Å². The number of hydrogen-bond donors (Lipinski definition) is 2. The summed E-state index contributed by atoms with van der Waals surface area (Å²) in [6, 6.07) is 19.7. The van der Waals surface area contributed by atoms with Crippen molar-refractivity contribution in [2.24, 2.45) is 21.5 Å². The van der Waals surface area contributed by atoms with Crippen LogP contribution in [0, 0.1) is 0 Å². The molecule has 1 aliphatic rings. The fourth-order valence-corrected chi connectivity index (χ4v) is 2.22. The molecule has 21 heavy (non-hydrogen) atoms. The molecule has 4 N–H and O–H groups in total. The zero-order chi connectivity index (χ0) is 13.9. The molecule has 2 aromatic rings. The minimum Gasteiger partial charge on any atom is -1.00 e. The van der Waals surface area contributed by atoms with E-state index < -0.39 is 0 Å². The molecule has 0 spiro atoms. The van der Waals surface area contributed by atoms with Crippen LogP contribution in [0.3, 0.4) is 0 Å². The highest BCUT2D eigenvalue weighted by atomic mass is 35.5. The van der Waals surface area contributed by atoms with Crippen molar-refractivity contribution in [1.82, 2.24) is 0 Å². The van der Waals surface area contributed by atoms with Crippen molar-refractivity contribution in [3.05, 3.63) is 66.2 Å². The summed E-state index contributed by atoms with van der Waals surface area (Å²) >= 11 is 0. The first-order chi connectivity index (χ1) is 9.75. The van der Waals surface area contributed by atoms with E-state index in [0.29, 0.717) is 5.96 Å². The Labute approximate surface area is 129 Å². The number of para-hydroxylation sites is 1. The fraction of sp³-hybridized carbons (Fsp3) is 0.0667. The smallest absolute Gasteiger partial charge is 0.221 e. The lowest BCUT2D eigenvalue weighted by Gasteiger charge is -2.32. The Morgan fingerprint density at radius 2 is 1.43 bits per heavy atom. The van der Waals surface area contributed by atoms with Crippen LogP contribution in [0.2, 0.25) is 0 Å². The number of aliphatic imine (C=N–C) groups is 2. The first-order valence-electron chi connectivity index (χ1n) is 6.32. The Morgan fingerprint density at radius 3 is 2.05 bits per heavy atom. The first-order valence-corrected chi connectivity index (χ1v) is 6.32. The number of hydrogen-bond acceptors (Lipinski definition) is 5. The van der Waals surface area contributed by atoms with Gasteiger partial charge in [0.1, 0.15) is 0 Å². The highest BCUT2D eigenvalue weighted by Gasteiger charge is 2.26. The van der Waals surface area contributed by atoms with Crippen LogP contribution in [0.5, 0.6) is 0 Å². The van der Waals surface area contributed by atoms with Crippen LogP contribution in [0.25, 0.3) is 0 Å². The molecule has 0 saturated heterocycles. The van der Waals surface area contributed by atoms with Gasteiger partial charge in [-0.05, 0) is 17.7 Å². The van der Waals surface area contributed by atoms with Gasteiger partial charge in [-0.3, -0.25) is 4.90 Å². The minimum atomic E-state index is -0.295. The van der Waals surface area contributed by atoms with Gasteiger partial charge in [0.2, 0.25) is 11.9 Å². The Bertz CT molecular complexity index is 654. The number of benzene rings is 2. The van der Waals surface area contributed by atoms with Crippen molar-refractivity contribution >= 4 is 17.6 Å². The number of nitrogens with zero attached hydrogens (tertiary/aromatic N) is 3. The molecule has 0 amide bonds. The molecule has 6 heteroatoms. The number of nitrogens with two attached hydrogens (primary N) is 2. The number of halogens is 1. The summed E-state index contributed by atoms with van der Waals surface area (Å²) in [5.74, 6) is 0.543. The van der Waals surface area contributed by atoms with Gasteiger partial charge in [0.15, 0.2) is 6.17 Å². The average Bonchev–Trinajstić information content (AvgIpc) is 2.48. The zero-order valence-corrected chi connectivity index (χ0v) is 12.0. The van der Waals surface area contributed by atoms with Crippen molar-refractivity contribution in [3.8, 4) is 0 Å². The van der Waals surface area contributed by atoms with E-state index >= 15 is 0 Å². The molecule has 0 fully saturated rings. The van der Waals surface area contributed by atoms with Gasteiger partial charge in [0.25, 0.3) is 0 Å². The third-order valence-electron chi connectivity index (χ3n) is 3.11. The zero-order valence-electron chi connectivity index (χ0n) is 11.2. The highest BCUT2D eigenvalue weighted by Crippen LogP contribution is 2.29. The summed E-state index contributed by atoms with van der Waals surface area (Å²) in [4.78, 5) is 10.3. The van der Waals surface area contributed by atoms with Crippen molar-refractivity contribution in [2.75, 3.05) is 4.90 Å². The number of rotatable bonds is 2. The lowest BCUT2D eigenvalue weighted by atomic mass is 10.1. The largest absolute Gasteiger partial charge is 1.00 e. The van der Waals surface area contributed by atoms with Crippen LogP contribution in [0.1, 0.15) is 11.7 Å². The van der Waals surface area contributed by atoms with Gasteiger partial charge >= 0.3 is 0 Å². The predicted molar refractivity (Wildman–Crippen MR) is 81.3 cm³/mol. The monoisotopic (exact) mass is 300 g/mol. The Morgan fingerprint density at radius 1 is 0.857 bits per heavy atom. The van der Waals surface area contributed by atoms with Gasteiger partial charge in [-0.2, -0.15) is 4.99 Å². The second-order valence-corrected chi connectivity index (χ2v) is 4.45. The Kier molecular flexibility index (Phi) is 4.45. The van der Waals surface area contributed by atoms with E-state index in [1.165, 1.54) is 0 Å². The first kappa shape index (κ1) is 14.9. The third kappa shape index (κ3) is 2.98. The topological polar surface area (TPSA) is 80.0 Å². The molecule has 0 bridgehead atoms. The molecular formula is C15H15ClN5-. The number of guanidine groups is 2. The molecule has 0 aliphatic carbocycles. The Hall–Kier alpha value is -2.53. The van der Waals surface area contributed by atoms with Crippen LogP contribution in [-0.4, -0.2) is 11.9 Å². The summed E-state index contributed by atoms with van der Waals surface area (Å²) in [5.41, 5.74) is 13.7. The van der Waals surface area contributed by atoms with Gasteiger partial charge < -0.3 is 23.9 Å². The van der Waals surface area contributed by atoms with Crippen LogP contribution in [0.15, 0.2) is 70.6 Å². The standard InChI is InChI=1S/C15H15N5.ClH/c16-14-18-13(11-7-3-1-4-8-11)20(15(17)19-14)12-9-5-2-6-10-12;/h1-10,13H,(H4,16,17,18,19);1H/p-1. The van der Waals surface area contributed by atoms with Crippen LogP contribution in [-0.2, 0) is 0 Å². The second-order valence-electron chi connectivity index (χ2n) is 4.45. The molecule has 0 saturated carbocycles. The molecule has 0 radical (unpaired) electrons. The second kappa shape index (κ2) is 6.28. The van der Waals surface area contributed by atoms with E-state index in [4.69, 9.17) is 11.5 Å². The average molecular weight is 301 g/mol. The maximum atomic E-state index is 6.04. The third-order valence-corrected chi connectivity index (χ3v) is 3.11. The molecule has 1 atom stereocenters. The molecular weight excluding hydrogens is 286 g/mol. The Balaban J connectivity index is 0.00000161. The molecule has 0 aromatic heterocycles. The molecule has 1 aliphatic heterocycles. The molecule has 5 nitrogen and oxygen atoms in total. The SMILES string of the molecule is NC1=NC(c2ccccc2)N(c2ccccc2)C(N)=N1.[Cl-]. The van der Waals surface area contributed by atoms with Crippen LogP contribution < -0.4 is 28.8 Å². The fourth-order valence-electron chi connectivity index (χ4n) is 2.22. The predicted octanol–water partition coefficient (Wildman–Crippen LogP) is -1.16. The minimum absolute atomic E-state index is 0. The maximum absolute atomic E-state index is 6.04. The highest BCUT2D eigenvalue weighted by molar-refractivity contribution is 6.04. The van der Waals surface area contributed by atoms with Crippen molar-refractivity contribution in [1.29, 1.82) is 0 Å². The summed E-state index contributed by atoms with van der Waals surface area (Å²) in [6.07, 6.45) is -0.295. The van der Waals surface area contributed by atoms with E-state index in [-0.39, 0.29) is 24.5 Å². The quantitative estimate of drug-likeness (QED) is 0.734. The normalized spacial score (nSPS) is 17.5. The summed E-state index contributed by atoms with van der Waals surface area (Å²) in [5, 5.41) is 0.